The lowest BCUT2D eigenvalue weighted by atomic mass is 10.1. The first-order valence-electron chi connectivity index (χ1n) is 5.26. The third-order valence-electron chi connectivity index (χ3n) is 2.83. The molecule has 1 fully saturated rings. The summed E-state index contributed by atoms with van der Waals surface area (Å²) in [7, 11) is 0. The van der Waals surface area contributed by atoms with Crippen LogP contribution in [0.2, 0.25) is 0 Å². The molecule has 0 spiro atoms. The summed E-state index contributed by atoms with van der Waals surface area (Å²) in [5, 5.41) is 0. The smallest absolute Gasteiger partial charge is 0.131 e. The number of nitrogens with zero attached hydrogens (tertiary/aromatic N) is 2. The van der Waals surface area contributed by atoms with Gasteiger partial charge in [-0.25, -0.2) is 9.97 Å². The molecule has 80 valence electrons. The fourth-order valence-electron chi connectivity index (χ4n) is 2.02. The van der Waals surface area contributed by atoms with E-state index in [0.717, 1.165) is 22.3 Å². The van der Waals surface area contributed by atoms with Gasteiger partial charge in [0.2, 0.25) is 0 Å². The Bertz CT molecular complexity index is 362. The van der Waals surface area contributed by atoms with Crippen molar-refractivity contribution in [2.24, 2.45) is 0 Å². The van der Waals surface area contributed by atoms with Crippen molar-refractivity contribution < 1.29 is 4.79 Å². The van der Waals surface area contributed by atoms with E-state index in [9.17, 15) is 4.79 Å². The van der Waals surface area contributed by atoms with Crippen LogP contribution in [0, 0.1) is 0 Å². The molecule has 1 aliphatic carbocycles. The van der Waals surface area contributed by atoms with Crippen molar-refractivity contribution in [3.63, 3.8) is 0 Å². The molecule has 3 nitrogen and oxygen atoms in total. The Kier molecular flexibility index (Phi) is 3.46. The molecular formula is C11H13BrN2O. The van der Waals surface area contributed by atoms with Crippen LogP contribution in [0.4, 0.5) is 0 Å². The van der Waals surface area contributed by atoms with Crippen molar-refractivity contribution >= 4 is 22.2 Å². The van der Waals surface area contributed by atoms with E-state index in [4.69, 9.17) is 0 Å². The minimum absolute atomic E-state index is 0.364. The molecule has 1 aromatic heterocycles. The molecule has 0 bridgehead atoms. The van der Waals surface area contributed by atoms with Crippen LogP contribution < -0.4 is 0 Å². The van der Waals surface area contributed by atoms with Gasteiger partial charge in [0.05, 0.1) is 10.2 Å². The van der Waals surface area contributed by atoms with Crippen molar-refractivity contribution in [3.8, 4) is 0 Å². The molecule has 15 heavy (non-hydrogen) atoms. The van der Waals surface area contributed by atoms with Crippen LogP contribution in [-0.4, -0.2) is 16.3 Å². The zero-order valence-electron chi connectivity index (χ0n) is 8.45. The highest BCUT2D eigenvalue weighted by molar-refractivity contribution is 9.10. The third kappa shape index (κ3) is 2.43. The molecule has 0 unspecified atom stereocenters. The molecule has 2 rings (SSSR count). The summed E-state index contributed by atoms with van der Waals surface area (Å²) in [5.41, 5.74) is 0.807. The van der Waals surface area contributed by atoms with E-state index in [0.29, 0.717) is 12.3 Å². The maximum atomic E-state index is 10.5. The van der Waals surface area contributed by atoms with Crippen LogP contribution in [0.15, 0.2) is 10.7 Å². The van der Waals surface area contributed by atoms with Gasteiger partial charge in [-0.2, -0.15) is 0 Å². The molecule has 1 heterocycles. The lowest BCUT2D eigenvalue weighted by Crippen LogP contribution is -2.04. The van der Waals surface area contributed by atoms with Crippen LogP contribution in [0.3, 0.4) is 0 Å². The third-order valence-corrected chi connectivity index (χ3v) is 3.49. The van der Waals surface area contributed by atoms with Gasteiger partial charge in [0, 0.05) is 18.5 Å². The number of rotatable bonds is 3. The lowest BCUT2D eigenvalue weighted by Gasteiger charge is -2.09. The van der Waals surface area contributed by atoms with Gasteiger partial charge in [-0.15, -0.1) is 0 Å². The van der Waals surface area contributed by atoms with Gasteiger partial charge in [-0.1, -0.05) is 12.8 Å². The van der Waals surface area contributed by atoms with E-state index < -0.39 is 0 Å². The van der Waals surface area contributed by atoms with E-state index in [1.165, 1.54) is 25.7 Å². The highest BCUT2D eigenvalue weighted by Gasteiger charge is 2.20. The maximum Gasteiger partial charge on any atom is 0.131 e. The van der Waals surface area contributed by atoms with E-state index >= 15 is 0 Å². The summed E-state index contributed by atoms with van der Waals surface area (Å²) in [6.45, 7) is 0. The minimum atomic E-state index is 0.364. The number of carbonyl (C=O) groups excluding carboxylic acids is 1. The van der Waals surface area contributed by atoms with Gasteiger partial charge in [0.1, 0.15) is 12.1 Å². The molecule has 1 aromatic rings. The Labute approximate surface area is 97.4 Å². The fourth-order valence-corrected chi connectivity index (χ4v) is 2.37. The fraction of sp³-hybridized carbons (Fsp3) is 0.545. The van der Waals surface area contributed by atoms with Crippen molar-refractivity contribution in [2.45, 2.75) is 38.0 Å². The highest BCUT2D eigenvalue weighted by atomic mass is 79.9. The van der Waals surface area contributed by atoms with Crippen LogP contribution in [0.25, 0.3) is 0 Å². The van der Waals surface area contributed by atoms with Crippen molar-refractivity contribution in [3.05, 3.63) is 22.2 Å². The van der Waals surface area contributed by atoms with Crippen LogP contribution in [-0.2, 0) is 11.2 Å². The number of hydrogen-bond acceptors (Lipinski definition) is 3. The van der Waals surface area contributed by atoms with Gasteiger partial charge in [-0.05, 0) is 28.8 Å². The molecule has 1 aliphatic rings. The second-order valence-electron chi connectivity index (χ2n) is 3.88. The molecule has 0 radical (unpaired) electrons. The summed E-state index contributed by atoms with van der Waals surface area (Å²) in [6, 6.07) is 0. The number of carbonyl (C=O) groups is 1. The van der Waals surface area contributed by atoms with Crippen molar-refractivity contribution in [2.75, 3.05) is 0 Å². The van der Waals surface area contributed by atoms with Crippen LogP contribution in [0.5, 0.6) is 0 Å². The minimum Gasteiger partial charge on any atom is -0.303 e. The Balaban J connectivity index is 2.24. The first-order valence-corrected chi connectivity index (χ1v) is 6.05. The first-order chi connectivity index (χ1) is 7.31. The maximum absolute atomic E-state index is 10.5. The van der Waals surface area contributed by atoms with Gasteiger partial charge >= 0.3 is 0 Å². The van der Waals surface area contributed by atoms with Crippen LogP contribution >= 0.6 is 15.9 Å². The summed E-state index contributed by atoms with van der Waals surface area (Å²) >= 11 is 3.36. The topological polar surface area (TPSA) is 42.9 Å². The molecule has 0 aliphatic heterocycles. The molecule has 0 atom stereocenters. The average molecular weight is 269 g/mol. The van der Waals surface area contributed by atoms with E-state index in [1.807, 2.05) is 0 Å². The molecular weight excluding hydrogens is 256 g/mol. The molecule has 0 amide bonds. The molecule has 4 heteroatoms. The van der Waals surface area contributed by atoms with Gasteiger partial charge < -0.3 is 4.79 Å². The summed E-state index contributed by atoms with van der Waals surface area (Å²) in [5.74, 6) is 1.41. The molecule has 1 saturated carbocycles. The Morgan fingerprint density at radius 2 is 2.20 bits per heavy atom. The quantitative estimate of drug-likeness (QED) is 0.792. The zero-order valence-corrected chi connectivity index (χ0v) is 10.0. The predicted molar refractivity (Wildman–Crippen MR) is 60.7 cm³/mol. The van der Waals surface area contributed by atoms with E-state index in [2.05, 4.69) is 25.9 Å². The van der Waals surface area contributed by atoms with Crippen LogP contribution in [0.1, 0.15) is 43.1 Å². The monoisotopic (exact) mass is 268 g/mol. The summed E-state index contributed by atoms with van der Waals surface area (Å²) in [4.78, 5) is 19.3. The predicted octanol–water partition coefficient (Wildman–Crippen LogP) is 2.64. The number of halogens is 1. The molecule has 0 N–H and O–H groups in total. The molecule has 0 saturated heterocycles. The lowest BCUT2D eigenvalue weighted by molar-refractivity contribution is -0.107. The van der Waals surface area contributed by atoms with Crippen molar-refractivity contribution in [1.29, 1.82) is 0 Å². The SMILES string of the molecule is O=CCc1nc(C2CCCC2)ncc1Br. The van der Waals surface area contributed by atoms with Gasteiger partial charge in [0.25, 0.3) is 0 Å². The summed E-state index contributed by atoms with van der Waals surface area (Å²) in [6.07, 6.45) is 7.92. The molecule has 0 aromatic carbocycles. The number of hydrogen-bond donors (Lipinski definition) is 0. The summed E-state index contributed by atoms with van der Waals surface area (Å²) < 4.78 is 0.830. The largest absolute Gasteiger partial charge is 0.303 e. The second-order valence-corrected chi connectivity index (χ2v) is 4.73. The average Bonchev–Trinajstić information content (AvgIpc) is 2.75. The standard InChI is InChI=1S/C11H13BrN2O/c12-9-7-13-11(8-3-1-2-4-8)14-10(9)5-6-15/h6-8H,1-5H2. The number of aldehydes is 1. The van der Waals surface area contributed by atoms with Gasteiger partial charge in [0.15, 0.2) is 0 Å². The van der Waals surface area contributed by atoms with Gasteiger partial charge in [-0.3, -0.25) is 0 Å². The first kappa shape index (κ1) is 10.7. The Morgan fingerprint density at radius 1 is 1.47 bits per heavy atom. The second kappa shape index (κ2) is 4.84. The Morgan fingerprint density at radius 3 is 2.87 bits per heavy atom. The Hall–Kier alpha value is -0.770. The normalized spacial score (nSPS) is 16.9. The zero-order chi connectivity index (χ0) is 10.7. The van der Waals surface area contributed by atoms with E-state index in [1.54, 1.807) is 6.20 Å². The van der Waals surface area contributed by atoms with Crippen molar-refractivity contribution in [1.82, 2.24) is 9.97 Å². The highest BCUT2D eigenvalue weighted by Crippen LogP contribution is 2.32. The van der Waals surface area contributed by atoms with E-state index in [-0.39, 0.29) is 0 Å². The number of aromatic nitrogens is 2.